The standard InChI is InChI=1S/C13H19N3O2S.ClH/c1-14-10-4-2-6-16(9-10)12(17)8-15-13(18)11-5-3-7-19-11;/h3,5,7,10,14H,2,4,6,8-9H2,1H3,(H,15,18);1H. The first-order chi connectivity index (χ1) is 9.20. The summed E-state index contributed by atoms with van der Waals surface area (Å²) >= 11 is 1.38. The van der Waals surface area contributed by atoms with E-state index in [1.807, 2.05) is 23.4 Å². The van der Waals surface area contributed by atoms with Crippen molar-refractivity contribution in [3.8, 4) is 0 Å². The van der Waals surface area contributed by atoms with Gasteiger partial charge < -0.3 is 15.5 Å². The Balaban J connectivity index is 0.00000200. The van der Waals surface area contributed by atoms with Crippen molar-refractivity contribution in [1.82, 2.24) is 15.5 Å². The summed E-state index contributed by atoms with van der Waals surface area (Å²) in [5, 5.41) is 7.72. The Hall–Kier alpha value is -1.11. The number of halogens is 1. The van der Waals surface area contributed by atoms with Crippen LogP contribution in [0.2, 0.25) is 0 Å². The van der Waals surface area contributed by atoms with Crippen molar-refractivity contribution in [1.29, 1.82) is 0 Å². The van der Waals surface area contributed by atoms with E-state index >= 15 is 0 Å². The van der Waals surface area contributed by atoms with Gasteiger partial charge in [0.1, 0.15) is 0 Å². The van der Waals surface area contributed by atoms with Crippen molar-refractivity contribution >= 4 is 35.6 Å². The number of hydrogen-bond donors (Lipinski definition) is 2. The molecule has 0 radical (unpaired) electrons. The van der Waals surface area contributed by atoms with E-state index in [2.05, 4.69) is 10.6 Å². The molecule has 1 aromatic heterocycles. The minimum Gasteiger partial charge on any atom is -0.342 e. The summed E-state index contributed by atoms with van der Waals surface area (Å²) in [6.07, 6.45) is 2.11. The molecular formula is C13H20ClN3O2S. The number of piperidine rings is 1. The lowest BCUT2D eigenvalue weighted by atomic mass is 10.1. The minimum atomic E-state index is -0.175. The molecule has 1 saturated heterocycles. The highest BCUT2D eigenvalue weighted by atomic mass is 35.5. The Morgan fingerprint density at radius 3 is 2.95 bits per heavy atom. The van der Waals surface area contributed by atoms with Crippen LogP contribution in [0.25, 0.3) is 0 Å². The quantitative estimate of drug-likeness (QED) is 0.874. The van der Waals surface area contributed by atoms with E-state index in [1.165, 1.54) is 11.3 Å². The number of nitrogens with zero attached hydrogens (tertiary/aromatic N) is 1. The molecule has 2 rings (SSSR count). The van der Waals surface area contributed by atoms with Crippen LogP contribution < -0.4 is 10.6 Å². The fourth-order valence-electron chi connectivity index (χ4n) is 2.20. The van der Waals surface area contributed by atoms with Gasteiger partial charge in [0.05, 0.1) is 11.4 Å². The van der Waals surface area contributed by atoms with Crippen molar-refractivity contribution in [2.45, 2.75) is 18.9 Å². The third-order valence-electron chi connectivity index (χ3n) is 3.33. The molecule has 0 aliphatic carbocycles. The molecule has 7 heteroatoms. The zero-order chi connectivity index (χ0) is 13.7. The van der Waals surface area contributed by atoms with E-state index in [1.54, 1.807) is 6.07 Å². The van der Waals surface area contributed by atoms with E-state index in [9.17, 15) is 9.59 Å². The third kappa shape index (κ3) is 4.47. The molecule has 20 heavy (non-hydrogen) atoms. The Kier molecular flexibility index (Phi) is 6.98. The van der Waals surface area contributed by atoms with Crippen LogP contribution in [-0.2, 0) is 4.79 Å². The molecule has 1 unspecified atom stereocenters. The summed E-state index contributed by atoms with van der Waals surface area (Å²) in [4.78, 5) is 26.2. The van der Waals surface area contributed by atoms with Gasteiger partial charge in [-0.2, -0.15) is 0 Å². The maximum Gasteiger partial charge on any atom is 0.261 e. The highest BCUT2D eigenvalue weighted by Gasteiger charge is 2.22. The Labute approximate surface area is 129 Å². The molecule has 0 bridgehead atoms. The average Bonchev–Trinajstić information content (AvgIpc) is 2.98. The van der Waals surface area contributed by atoms with Crippen molar-refractivity contribution < 1.29 is 9.59 Å². The monoisotopic (exact) mass is 317 g/mol. The molecule has 2 N–H and O–H groups in total. The van der Waals surface area contributed by atoms with E-state index in [0.29, 0.717) is 10.9 Å². The van der Waals surface area contributed by atoms with Gasteiger partial charge >= 0.3 is 0 Å². The van der Waals surface area contributed by atoms with Gasteiger partial charge in [0.15, 0.2) is 0 Å². The Morgan fingerprint density at radius 2 is 2.30 bits per heavy atom. The number of hydrogen-bond acceptors (Lipinski definition) is 4. The zero-order valence-corrected chi connectivity index (χ0v) is 13.1. The van der Waals surface area contributed by atoms with Gasteiger partial charge in [0.25, 0.3) is 5.91 Å². The molecule has 1 atom stereocenters. The lowest BCUT2D eigenvalue weighted by molar-refractivity contribution is -0.131. The molecule has 2 heterocycles. The molecule has 0 spiro atoms. The first kappa shape index (κ1) is 16.9. The predicted molar refractivity (Wildman–Crippen MR) is 82.6 cm³/mol. The molecule has 5 nitrogen and oxygen atoms in total. The van der Waals surface area contributed by atoms with Gasteiger partial charge in [-0.05, 0) is 31.3 Å². The second-order valence-corrected chi connectivity index (χ2v) is 5.58. The smallest absolute Gasteiger partial charge is 0.261 e. The molecule has 0 saturated carbocycles. The number of rotatable bonds is 4. The van der Waals surface area contributed by atoms with E-state index in [0.717, 1.165) is 25.9 Å². The van der Waals surface area contributed by atoms with Gasteiger partial charge in [-0.1, -0.05) is 6.07 Å². The first-order valence-corrected chi connectivity index (χ1v) is 7.35. The van der Waals surface area contributed by atoms with Gasteiger partial charge in [0, 0.05) is 19.1 Å². The Morgan fingerprint density at radius 1 is 1.50 bits per heavy atom. The van der Waals surface area contributed by atoms with Gasteiger partial charge in [-0.25, -0.2) is 0 Å². The summed E-state index contributed by atoms with van der Waals surface area (Å²) < 4.78 is 0. The van der Waals surface area contributed by atoms with Crippen LogP contribution in [0.5, 0.6) is 0 Å². The molecule has 1 aromatic rings. The SMILES string of the molecule is CNC1CCCN(C(=O)CNC(=O)c2cccs2)C1.Cl. The summed E-state index contributed by atoms with van der Waals surface area (Å²) in [5.74, 6) is -0.185. The highest BCUT2D eigenvalue weighted by Crippen LogP contribution is 2.10. The predicted octanol–water partition coefficient (Wildman–Crippen LogP) is 1.11. The lowest BCUT2D eigenvalue weighted by Gasteiger charge is -2.32. The maximum atomic E-state index is 12.0. The second-order valence-electron chi connectivity index (χ2n) is 4.63. The molecule has 1 fully saturated rings. The molecule has 112 valence electrons. The van der Waals surface area contributed by atoms with Gasteiger partial charge in [0.2, 0.25) is 5.91 Å². The van der Waals surface area contributed by atoms with Crippen LogP contribution in [0.1, 0.15) is 22.5 Å². The van der Waals surface area contributed by atoms with E-state index < -0.39 is 0 Å². The summed E-state index contributed by atoms with van der Waals surface area (Å²) in [5.41, 5.74) is 0. The number of carbonyl (C=O) groups excluding carboxylic acids is 2. The fraction of sp³-hybridized carbons (Fsp3) is 0.538. The van der Waals surface area contributed by atoms with Crippen LogP contribution in [0.15, 0.2) is 17.5 Å². The minimum absolute atomic E-state index is 0. The summed E-state index contributed by atoms with van der Waals surface area (Å²) in [6, 6.07) is 3.94. The van der Waals surface area contributed by atoms with Crippen molar-refractivity contribution in [3.05, 3.63) is 22.4 Å². The number of likely N-dealkylation sites (N-methyl/N-ethyl adjacent to an activating group) is 1. The van der Waals surface area contributed by atoms with Crippen LogP contribution >= 0.6 is 23.7 Å². The first-order valence-electron chi connectivity index (χ1n) is 6.47. The molecule has 1 aliphatic heterocycles. The van der Waals surface area contributed by atoms with Crippen molar-refractivity contribution in [2.75, 3.05) is 26.7 Å². The molecular weight excluding hydrogens is 298 g/mol. The lowest BCUT2D eigenvalue weighted by Crippen LogP contribution is -2.49. The normalized spacial score (nSPS) is 18.2. The van der Waals surface area contributed by atoms with E-state index in [4.69, 9.17) is 0 Å². The summed E-state index contributed by atoms with van der Waals surface area (Å²) in [7, 11) is 1.91. The van der Waals surface area contributed by atoms with Crippen LogP contribution in [0, 0.1) is 0 Å². The van der Waals surface area contributed by atoms with Crippen LogP contribution in [0.3, 0.4) is 0 Å². The number of carbonyl (C=O) groups is 2. The number of amides is 2. The van der Waals surface area contributed by atoms with Crippen molar-refractivity contribution in [2.24, 2.45) is 0 Å². The fourth-order valence-corrected chi connectivity index (χ4v) is 2.84. The highest BCUT2D eigenvalue weighted by molar-refractivity contribution is 7.12. The number of thiophene rings is 1. The van der Waals surface area contributed by atoms with Crippen LogP contribution in [0.4, 0.5) is 0 Å². The number of likely N-dealkylation sites (tertiary alicyclic amines) is 1. The largest absolute Gasteiger partial charge is 0.342 e. The molecule has 1 aliphatic rings. The Bertz CT molecular complexity index is 439. The van der Waals surface area contributed by atoms with E-state index in [-0.39, 0.29) is 30.8 Å². The number of nitrogens with one attached hydrogen (secondary N) is 2. The molecule has 2 amide bonds. The maximum absolute atomic E-state index is 12.0. The second kappa shape index (κ2) is 8.24. The summed E-state index contributed by atoms with van der Waals surface area (Å²) in [6.45, 7) is 1.59. The van der Waals surface area contributed by atoms with Gasteiger partial charge in [-0.3, -0.25) is 9.59 Å². The molecule has 0 aromatic carbocycles. The average molecular weight is 318 g/mol. The topological polar surface area (TPSA) is 61.4 Å². The zero-order valence-electron chi connectivity index (χ0n) is 11.4. The van der Waals surface area contributed by atoms with Crippen LogP contribution in [-0.4, -0.2) is 49.4 Å². The van der Waals surface area contributed by atoms with Crippen molar-refractivity contribution in [3.63, 3.8) is 0 Å². The van der Waals surface area contributed by atoms with Gasteiger partial charge in [-0.15, -0.1) is 23.7 Å². The third-order valence-corrected chi connectivity index (χ3v) is 4.20.